The summed E-state index contributed by atoms with van der Waals surface area (Å²) in [6.45, 7) is 0.472. The van der Waals surface area contributed by atoms with Crippen molar-refractivity contribution >= 4 is 44.6 Å². The maximum Gasteiger partial charge on any atom is 0.0610 e. The van der Waals surface area contributed by atoms with Gasteiger partial charge in [0, 0.05) is 17.3 Å². The first-order valence-electron chi connectivity index (χ1n) is 6.29. The van der Waals surface area contributed by atoms with Crippen molar-refractivity contribution in [3.05, 3.63) is 24.3 Å². The van der Waals surface area contributed by atoms with Gasteiger partial charge in [0.15, 0.2) is 0 Å². The highest BCUT2D eigenvalue weighted by atomic mass is 16.3. The zero-order chi connectivity index (χ0) is 14.4. The SMILES string of the molecule is Nc1cc2c3cc(N)c(N)cc3n(CCO)c2cc1N. The number of benzene rings is 2. The van der Waals surface area contributed by atoms with Crippen LogP contribution in [-0.2, 0) is 6.54 Å². The van der Waals surface area contributed by atoms with Crippen LogP contribution in [0.1, 0.15) is 0 Å². The van der Waals surface area contributed by atoms with Crippen LogP contribution in [0, 0.1) is 0 Å². The molecule has 0 fully saturated rings. The number of fused-ring (bicyclic) bond motifs is 3. The molecule has 3 rings (SSSR count). The van der Waals surface area contributed by atoms with E-state index in [-0.39, 0.29) is 6.61 Å². The molecule has 0 aliphatic rings. The highest BCUT2D eigenvalue weighted by Gasteiger charge is 2.13. The summed E-state index contributed by atoms with van der Waals surface area (Å²) in [4.78, 5) is 0. The highest BCUT2D eigenvalue weighted by Crippen LogP contribution is 2.35. The molecule has 0 amide bonds. The molecule has 3 aromatic rings. The van der Waals surface area contributed by atoms with Gasteiger partial charge in [-0.25, -0.2) is 0 Å². The first-order valence-corrected chi connectivity index (χ1v) is 6.29. The molecule has 0 aliphatic heterocycles. The maximum absolute atomic E-state index is 9.27. The molecule has 20 heavy (non-hydrogen) atoms. The largest absolute Gasteiger partial charge is 0.397 e. The van der Waals surface area contributed by atoms with Crippen molar-refractivity contribution < 1.29 is 5.11 Å². The Morgan fingerprint density at radius 2 is 1.15 bits per heavy atom. The van der Waals surface area contributed by atoms with Gasteiger partial charge in [-0.15, -0.1) is 0 Å². The molecule has 2 aromatic carbocycles. The lowest BCUT2D eigenvalue weighted by molar-refractivity contribution is 0.280. The van der Waals surface area contributed by atoms with Gasteiger partial charge >= 0.3 is 0 Å². The van der Waals surface area contributed by atoms with Gasteiger partial charge in [0.1, 0.15) is 0 Å². The zero-order valence-electron chi connectivity index (χ0n) is 10.9. The standard InChI is InChI=1S/C14H17N5O/c15-9-3-7-8-4-10(16)12(18)6-14(8)19(1-2-20)13(7)5-11(9)17/h3-6,20H,1-2,15-18H2. The van der Waals surface area contributed by atoms with Crippen LogP contribution in [0.25, 0.3) is 21.8 Å². The molecule has 6 nitrogen and oxygen atoms in total. The lowest BCUT2D eigenvalue weighted by Crippen LogP contribution is -2.03. The Bertz CT molecular complexity index is 756. The predicted molar refractivity (Wildman–Crippen MR) is 84.2 cm³/mol. The van der Waals surface area contributed by atoms with Gasteiger partial charge in [-0.2, -0.15) is 0 Å². The van der Waals surface area contributed by atoms with E-state index >= 15 is 0 Å². The van der Waals surface area contributed by atoms with Crippen LogP contribution < -0.4 is 22.9 Å². The summed E-state index contributed by atoms with van der Waals surface area (Å²) in [7, 11) is 0. The zero-order valence-corrected chi connectivity index (χ0v) is 10.9. The maximum atomic E-state index is 9.27. The van der Waals surface area contributed by atoms with Crippen molar-refractivity contribution in [2.24, 2.45) is 0 Å². The number of nitrogens with two attached hydrogens (primary N) is 4. The first kappa shape index (κ1) is 12.4. The third-order valence-corrected chi connectivity index (χ3v) is 3.60. The minimum absolute atomic E-state index is 0.0213. The third-order valence-electron chi connectivity index (χ3n) is 3.60. The summed E-state index contributed by atoms with van der Waals surface area (Å²) < 4.78 is 1.97. The molecule has 9 N–H and O–H groups in total. The molecule has 0 unspecified atom stereocenters. The molecule has 0 radical (unpaired) electrons. The fraction of sp³-hybridized carbons (Fsp3) is 0.143. The van der Waals surface area contributed by atoms with Crippen LogP contribution in [0.3, 0.4) is 0 Å². The normalized spacial score (nSPS) is 11.4. The van der Waals surface area contributed by atoms with Gasteiger partial charge in [-0.05, 0) is 24.3 Å². The molecule has 0 aliphatic carbocycles. The van der Waals surface area contributed by atoms with Gasteiger partial charge in [0.2, 0.25) is 0 Å². The molecule has 6 heteroatoms. The van der Waals surface area contributed by atoms with Gasteiger partial charge in [-0.1, -0.05) is 0 Å². The number of nitrogen functional groups attached to an aromatic ring is 4. The summed E-state index contributed by atoms with van der Waals surface area (Å²) in [5, 5.41) is 11.2. The molecule has 104 valence electrons. The van der Waals surface area contributed by atoms with E-state index in [1.165, 1.54) is 0 Å². The van der Waals surface area contributed by atoms with E-state index in [0.717, 1.165) is 21.8 Å². The molecule has 1 heterocycles. The van der Waals surface area contributed by atoms with Crippen LogP contribution >= 0.6 is 0 Å². The first-order chi connectivity index (χ1) is 9.52. The smallest absolute Gasteiger partial charge is 0.0610 e. The lowest BCUT2D eigenvalue weighted by atomic mass is 10.1. The fourth-order valence-corrected chi connectivity index (χ4v) is 2.59. The van der Waals surface area contributed by atoms with Crippen LogP contribution in [0.2, 0.25) is 0 Å². The fourth-order valence-electron chi connectivity index (χ4n) is 2.59. The van der Waals surface area contributed by atoms with Gasteiger partial charge in [0.05, 0.1) is 40.4 Å². The number of anilines is 4. The minimum atomic E-state index is 0.0213. The number of hydrogen-bond acceptors (Lipinski definition) is 5. The van der Waals surface area contributed by atoms with Crippen LogP contribution in [0.4, 0.5) is 22.7 Å². The Kier molecular flexibility index (Phi) is 2.62. The summed E-state index contributed by atoms with van der Waals surface area (Å²) in [5.74, 6) is 0. The van der Waals surface area contributed by atoms with E-state index < -0.39 is 0 Å². The number of rotatable bonds is 2. The number of aromatic nitrogens is 1. The second-order valence-electron chi connectivity index (χ2n) is 4.87. The van der Waals surface area contributed by atoms with Crippen molar-refractivity contribution in [1.82, 2.24) is 4.57 Å². The van der Waals surface area contributed by atoms with Crippen molar-refractivity contribution in [1.29, 1.82) is 0 Å². The predicted octanol–water partition coefficient (Wildman–Crippen LogP) is 1.12. The molecule has 1 aromatic heterocycles. The lowest BCUT2D eigenvalue weighted by Gasteiger charge is -2.07. The molecule has 0 spiro atoms. The summed E-state index contributed by atoms with van der Waals surface area (Å²) in [5.41, 5.74) is 27.4. The minimum Gasteiger partial charge on any atom is -0.397 e. The van der Waals surface area contributed by atoms with E-state index in [1.807, 2.05) is 28.8 Å². The Labute approximate surface area is 115 Å². The van der Waals surface area contributed by atoms with Crippen LogP contribution in [0.15, 0.2) is 24.3 Å². The quantitative estimate of drug-likeness (QED) is 0.446. The number of aliphatic hydroxyl groups is 1. The van der Waals surface area contributed by atoms with Crippen molar-refractivity contribution in [3.63, 3.8) is 0 Å². The monoisotopic (exact) mass is 271 g/mol. The average molecular weight is 271 g/mol. The van der Waals surface area contributed by atoms with Crippen molar-refractivity contribution in [2.45, 2.75) is 6.54 Å². The molecule has 0 bridgehead atoms. The Hall–Kier alpha value is -2.60. The van der Waals surface area contributed by atoms with Crippen LogP contribution in [0.5, 0.6) is 0 Å². The summed E-state index contributed by atoms with van der Waals surface area (Å²) in [6, 6.07) is 7.28. The molecular formula is C14H17N5O. The number of nitrogens with zero attached hydrogens (tertiary/aromatic N) is 1. The van der Waals surface area contributed by atoms with E-state index in [2.05, 4.69) is 0 Å². The molecule has 0 atom stereocenters. The molecular weight excluding hydrogens is 254 g/mol. The molecule has 0 saturated carbocycles. The number of aliphatic hydroxyl groups excluding tert-OH is 1. The van der Waals surface area contributed by atoms with E-state index in [1.54, 1.807) is 0 Å². The van der Waals surface area contributed by atoms with E-state index in [0.29, 0.717) is 29.3 Å². The summed E-state index contributed by atoms with van der Waals surface area (Å²) in [6.07, 6.45) is 0. The van der Waals surface area contributed by atoms with Crippen molar-refractivity contribution in [2.75, 3.05) is 29.5 Å². The Morgan fingerprint density at radius 1 is 0.750 bits per heavy atom. The molecule has 0 saturated heterocycles. The Morgan fingerprint density at radius 3 is 1.55 bits per heavy atom. The second-order valence-corrected chi connectivity index (χ2v) is 4.87. The highest BCUT2D eigenvalue weighted by molar-refractivity contribution is 6.12. The second kappa shape index (κ2) is 4.21. The van der Waals surface area contributed by atoms with E-state index in [9.17, 15) is 5.11 Å². The average Bonchev–Trinajstić information content (AvgIpc) is 2.66. The van der Waals surface area contributed by atoms with Gasteiger partial charge in [-0.3, -0.25) is 0 Å². The Balaban J connectivity index is 2.51. The van der Waals surface area contributed by atoms with E-state index in [4.69, 9.17) is 22.9 Å². The van der Waals surface area contributed by atoms with Crippen molar-refractivity contribution in [3.8, 4) is 0 Å². The topological polar surface area (TPSA) is 129 Å². The third kappa shape index (κ3) is 1.62. The van der Waals surface area contributed by atoms with Gasteiger partial charge < -0.3 is 32.6 Å². The summed E-state index contributed by atoms with van der Waals surface area (Å²) >= 11 is 0. The van der Waals surface area contributed by atoms with Gasteiger partial charge in [0.25, 0.3) is 0 Å². The number of hydrogen-bond donors (Lipinski definition) is 5. The van der Waals surface area contributed by atoms with Crippen LogP contribution in [-0.4, -0.2) is 16.3 Å².